The topological polar surface area (TPSA) is 91.8 Å². The van der Waals surface area contributed by atoms with E-state index in [1.807, 2.05) is 6.92 Å². The molecule has 1 aliphatic rings. The predicted molar refractivity (Wildman–Crippen MR) is 81.0 cm³/mol. The van der Waals surface area contributed by atoms with Crippen molar-refractivity contribution < 1.29 is 19.4 Å². The molecule has 0 aliphatic heterocycles. The number of methoxy groups -OCH3 is 1. The van der Waals surface area contributed by atoms with Crippen LogP contribution in [0.4, 0.5) is 5.82 Å². The van der Waals surface area contributed by atoms with Crippen LogP contribution in [0.1, 0.15) is 28.9 Å². The standard InChI is InChI=1S/C15H21N3O4/c1-9-5-6-11(12(16-2)17-9)13(19)18(3)15(14(20)21)7-10(8-15)22-4/h5-6,10H,7-8H2,1-4H3,(H,16,17)(H,20,21). The number of carbonyl (C=O) groups is 2. The van der Waals surface area contributed by atoms with E-state index in [0.29, 0.717) is 11.4 Å². The third-order valence-electron chi connectivity index (χ3n) is 4.31. The van der Waals surface area contributed by atoms with Gasteiger partial charge in [-0.15, -0.1) is 0 Å². The summed E-state index contributed by atoms with van der Waals surface area (Å²) in [5.41, 5.74) is -0.0788. The van der Waals surface area contributed by atoms with E-state index < -0.39 is 11.5 Å². The second-order valence-corrected chi connectivity index (χ2v) is 5.57. The van der Waals surface area contributed by atoms with Crippen LogP contribution < -0.4 is 5.32 Å². The van der Waals surface area contributed by atoms with Crippen molar-refractivity contribution in [2.45, 2.75) is 31.4 Å². The first kappa shape index (κ1) is 16.2. The number of aromatic nitrogens is 1. The Labute approximate surface area is 129 Å². The van der Waals surface area contributed by atoms with Gasteiger partial charge < -0.3 is 20.1 Å². The van der Waals surface area contributed by atoms with E-state index in [2.05, 4.69) is 10.3 Å². The van der Waals surface area contributed by atoms with E-state index in [1.54, 1.807) is 26.3 Å². The van der Waals surface area contributed by atoms with Crippen molar-refractivity contribution in [2.75, 3.05) is 26.5 Å². The first-order valence-electron chi connectivity index (χ1n) is 7.05. The Morgan fingerprint density at radius 1 is 1.45 bits per heavy atom. The highest BCUT2D eigenvalue weighted by atomic mass is 16.5. The first-order chi connectivity index (χ1) is 10.4. The lowest BCUT2D eigenvalue weighted by molar-refractivity contribution is -0.165. The highest BCUT2D eigenvalue weighted by Gasteiger charge is 2.55. The Morgan fingerprint density at radius 2 is 2.09 bits per heavy atom. The minimum atomic E-state index is -1.21. The van der Waals surface area contributed by atoms with Gasteiger partial charge in [0, 0.05) is 39.7 Å². The summed E-state index contributed by atoms with van der Waals surface area (Å²) in [6.45, 7) is 1.83. The van der Waals surface area contributed by atoms with Crippen molar-refractivity contribution in [3.05, 3.63) is 23.4 Å². The summed E-state index contributed by atoms with van der Waals surface area (Å²) in [5, 5.41) is 12.4. The molecule has 0 radical (unpaired) electrons. The minimum Gasteiger partial charge on any atom is -0.479 e. The van der Waals surface area contributed by atoms with Crippen LogP contribution >= 0.6 is 0 Å². The summed E-state index contributed by atoms with van der Waals surface area (Å²) in [5.74, 6) is -0.934. The first-order valence-corrected chi connectivity index (χ1v) is 7.05. The van der Waals surface area contributed by atoms with Gasteiger partial charge in [0.05, 0.1) is 11.7 Å². The molecule has 120 valence electrons. The zero-order valence-corrected chi connectivity index (χ0v) is 13.2. The summed E-state index contributed by atoms with van der Waals surface area (Å²) in [6, 6.07) is 3.39. The lowest BCUT2D eigenvalue weighted by atomic mass is 9.72. The molecule has 1 aromatic rings. The average molecular weight is 307 g/mol. The number of rotatable bonds is 5. The molecule has 0 atom stereocenters. The molecule has 22 heavy (non-hydrogen) atoms. The lowest BCUT2D eigenvalue weighted by Crippen LogP contribution is -2.65. The number of hydrogen-bond acceptors (Lipinski definition) is 5. The maximum atomic E-state index is 12.7. The molecule has 1 heterocycles. The maximum absolute atomic E-state index is 12.7. The average Bonchev–Trinajstić information content (AvgIpc) is 2.45. The number of carboxylic acids is 1. The van der Waals surface area contributed by atoms with Crippen LogP contribution in [-0.4, -0.2) is 59.7 Å². The Kier molecular flexibility index (Phi) is 4.37. The molecule has 1 fully saturated rings. The molecule has 1 aromatic heterocycles. The summed E-state index contributed by atoms with van der Waals surface area (Å²) >= 11 is 0. The van der Waals surface area contributed by atoms with Crippen LogP contribution in [0.3, 0.4) is 0 Å². The normalized spacial score (nSPS) is 23.5. The monoisotopic (exact) mass is 307 g/mol. The summed E-state index contributed by atoms with van der Waals surface area (Å²) < 4.78 is 5.16. The fourth-order valence-corrected chi connectivity index (χ4v) is 2.75. The largest absolute Gasteiger partial charge is 0.479 e. The second kappa shape index (κ2) is 5.92. The number of pyridine rings is 1. The van der Waals surface area contributed by atoms with E-state index in [-0.39, 0.29) is 24.9 Å². The summed E-state index contributed by atoms with van der Waals surface area (Å²) in [4.78, 5) is 29.9. The van der Waals surface area contributed by atoms with Gasteiger partial charge in [-0.2, -0.15) is 0 Å². The Morgan fingerprint density at radius 3 is 2.59 bits per heavy atom. The molecule has 2 rings (SSSR count). The van der Waals surface area contributed by atoms with Crippen molar-refractivity contribution in [1.82, 2.24) is 9.88 Å². The fourth-order valence-electron chi connectivity index (χ4n) is 2.75. The third kappa shape index (κ3) is 2.52. The predicted octanol–water partition coefficient (Wildman–Crippen LogP) is 1.14. The number of anilines is 1. The van der Waals surface area contributed by atoms with Gasteiger partial charge in [-0.1, -0.05) is 0 Å². The van der Waals surface area contributed by atoms with Gasteiger partial charge in [0.1, 0.15) is 11.4 Å². The fraction of sp³-hybridized carbons (Fsp3) is 0.533. The Balaban J connectivity index is 2.31. The van der Waals surface area contributed by atoms with Gasteiger partial charge in [-0.05, 0) is 19.1 Å². The maximum Gasteiger partial charge on any atom is 0.329 e. The molecule has 0 unspecified atom stereocenters. The number of nitrogens with zero attached hydrogens (tertiary/aromatic N) is 2. The lowest BCUT2D eigenvalue weighted by Gasteiger charge is -2.48. The summed E-state index contributed by atoms with van der Waals surface area (Å²) in [7, 11) is 4.73. The van der Waals surface area contributed by atoms with Crippen LogP contribution in [-0.2, 0) is 9.53 Å². The third-order valence-corrected chi connectivity index (χ3v) is 4.31. The highest BCUT2D eigenvalue weighted by molar-refractivity contribution is 6.01. The molecule has 0 saturated heterocycles. The van der Waals surface area contributed by atoms with Crippen molar-refractivity contribution in [3.8, 4) is 0 Å². The molecule has 0 aromatic carbocycles. The van der Waals surface area contributed by atoms with Gasteiger partial charge in [-0.25, -0.2) is 9.78 Å². The highest BCUT2D eigenvalue weighted by Crippen LogP contribution is 2.40. The van der Waals surface area contributed by atoms with E-state index in [9.17, 15) is 14.7 Å². The molecule has 0 spiro atoms. The SMILES string of the molecule is CNc1nc(C)ccc1C(=O)N(C)C1(C(=O)O)CC(OC)C1. The van der Waals surface area contributed by atoms with Crippen LogP contribution in [0.5, 0.6) is 0 Å². The molecule has 7 nitrogen and oxygen atoms in total. The zero-order valence-electron chi connectivity index (χ0n) is 13.2. The number of carboxylic acid groups (broad SMARTS) is 1. The smallest absolute Gasteiger partial charge is 0.329 e. The number of aliphatic carboxylic acids is 1. The van der Waals surface area contributed by atoms with Gasteiger partial charge in [-0.3, -0.25) is 4.79 Å². The Bertz CT molecular complexity index is 596. The molecule has 0 bridgehead atoms. The van der Waals surface area contributed by atoms with Crippen LogP contribution in [0.15, 0.2) is 12.1 Å². The number of nitrogens with one attached hydrogen (secondary N) is 1. The molecular weight excluding hydrogens is 286 g/mol. The van der Waals surface area contributed by atoms with E-state index in [4.69, 9.17) is 4.74 Å². The number of hydrogen-bond donors (Lipinski definition) is 2. The quantitative estimate of drug-likeness (QED) is 0.847. The van der Waals surface area contributed by atoms with Crippen molar-refractivity contribution >= 4 is 17.7 Å². The molecule has 7 heteroatoms. The summed E-state index contributed by atoms with van der Waals surface area (Å²) in [6.07, 6.45) is 0.441. The van der Waals surface area contributed by atoms with E-state index >= 15 is 0 Å². The van der Waals surface area contributed by atoms with E-state index in [1.165, 1.54) is 11.9 Å². The molecule has 1 aliphatic carbocycles. The molecule has 1 amide bonds. The zero-order chi connectivity index (χ0) is 16.5. The number of ether oxygens (including phenoxy) is 1. The van der Waals surface area contributed by atoms with E-state index in [0.717, 1.165) is 5.69 Å². The number of aryl methyl sites for hydroxylation is 1. The molecular formula is C15H21N3O4. The second-order valence-electron chi connectivity index (χ2n) is 5.57. The van der Waals surface area contributed by atoms with Gasteiger partial charge >= 0.3 is 5.97 Å². The van der Waals surface area contributed by atoms with Crippen LogP contribution in [0.25, 0.3) is 0 Å². The van der Waals surface area contributed by atoms with Crippen molar-refractivity contribution in [2.24, 2.45) is 0 Å². The number of likely N-dealkylation sites (N-methyl/N-ethyl adjacent to an activating group) is 1. The Hall–Kier alpha value is -2.15. The van der Waals surface area contributed by atoms with Crippen molar-refractivity contribution in [3.63, 3.8) is 0 Å². The molecule has 1 saturated carbocycles. The van der Waals surface area contributed by atoms with Gasteiger partial charge in [0.25, 0.3) is 5.91 Å². The van der Waals surface area contributed by atoms with Crippen LogP contribution in [0.2, 0.25) is 0 Å². The molecule has 2 N–H and O–H groups in total. The van der Waals surface area contributed by atoms with Gasteiger partial charge in [0.2, 0.25) is 0 Å². The van der Waals surface area contributed by atoms with Gasteiger partial charge in [0.15, 0.2) is 0 Å². The number of carbonyl (C=O) groups excluding carboxylic acids is 1. The van der Waals surface area contributed by atoms with Crippen molar-refractivity contribution in [1.29, 1.82) is 0 Å². The minimum absolute atomic E-state index is 0.133. The number of amides is 1. The van der Waals surface area contributed by atoms with Crippen LogP contribution in [0, 0.1) is 6.92 Å².